The number of aliphatic hydroxyl groups is 1. The van der Waals surface area contributed by atoms with E-state index in [0.717, 1.165) is 5.84 Å². The first-order valence-electron chi connectivity index (χ1n) is 4.94. The molecule has 2 N–H and O–H groups in total. The number of carbonyl (C=O) groups is 1. The van der Waals surface area contributed by atoms with Crippen molar-refractivity contribution in [3.05, 3.63) is 12.7 Å². The van der Waals surface area contributed by atoms with E-state index in [1.165, 1.54) is 0 Å². The fourth-order valence-electron chi connectivity index (χ4n) is 1.78. The standard InChI is InChI=1S/C10H16N2O3/c1-3-4-9-11(7-10(14)15)5-6-12(9)8(2)13/h3,8,13H,1,4-7H2,2H3/p+1. The second-order valence-corrected chi connectivity index (χ2v) is 3.55. The Labute approximate surface area is 88.9 Å². The quantitative estimate of drug-likeness (QED) is 0.486. The number of hydrogen-bond donors (Lipinski definition) is 2. The molecule has 0 aliphatic carbocycles. The summed E-state index contributed by atoms with van der Waals surface area (Å²) in [5.74, 6) is -0.0218. The van der Waals surface area contributed by atoms with Crippen molar-refractivity contribution in [3.8, 4) is 0 Å². The van der Waals surface area contributed by atoms with E-state index in [-0.39, 0.29) is 6.54 Å². The van der Waals surface area contributed by atoms with Gasteiger partial charge in [-0.3, -0.25) is 4.90 Å². The highest BCUT2D eigenvalue weighted by Gasteiger charge is 2.32. The van der Waals surface area contributed by atoms with Crippen LogP contribution < -0.4 is 0 Å². The molecule has 1 atom stereocenters. The van der Waals surface area contributed by atoms with Gasteiger partial charge in [-0.15, -0.1) is 6.58 Å². The molecule has 1 unspecified atom stereocenters. The number of aliphatic hydroxyl groups excluding tert-OH is 1. The maximum absolute atomic E-state index is 10.6. The molecule has 1 rings (SSSR count). The molecule has 0 saturated carbocycles. The summed E-state index contributed by atoms with van der Waals surface area (Å²) in [6, 6.07) is 0. The van der Waals surface area contributed by atoms with Gasteiger partial charge in [0.1, 0.15) is 13.1 Å². The van der Waals surface area contributed by atoms with Crippen LogP contribution in [0.25, 0.3) is 0 Å². The van der Waals surface area contributed by atoms with Crippen molar-refractivity contribution < 1.29 is 19.6 Å². The van der Waals surface area contributed by atoms with Crippen molar-refractivity contribution in [1.29, 1.82) is 0 Å². The molecule has 5 nitrogen and oxygen atoms in total. The highest BCUT2D eigenvalue weighted by molar-refractivity contribution is 5.83. The van der Waals surface area contributed by atoms with Gasteiger partial charge in [0, 0.05) is 6.92 Å². The summed E-state index contributed by atoms with van der Waals surface area (Å²) < 4.78 is 1.80. The van der Waals surface area contributed by atoms with Gasteiger partial charge in [-0.25, -0.2) is 9.37 Å². The molecule has 1 aliphatic rings. The van der Waals surface area contributed by atoms with E-state index in [1.807, 2.05) is 0 Å². The average molecular weight is 213 g/mol. The average Bonchev–Trinajstić information content (AvgIpc) is 2.48. The van der Waals surface area contributed by atoms with Gasteiger partial charge in [0.2, 0.25) is 0 Å². The van der Waals surface area contributed by atoms with E-state index in [0.29, 0.717) is 19.5 Å². The summed E-state index contributed by atoms with van der Waals surface area (Å²) in [5.41, 5.74) is 0. The number of nitrogens with zero attached hydrogens (tertiary/aromatic N) is 2. The molecule has 0 bridgehead atoms. The van der Waals surface area contributed by atoms with Crippen LogP contribution >= 0.6 is 0 Å². The van der Waals surface area contributed by atoms with Crippen LogP contribution in [0.5, 0.6) is 0 Å². The lowest BCUT2D eigenvalue weighted by atomic mass is 10.3. The molecule has 0 aromatic carbocycles. The summed E-state index contributed by atoms with van der Waals surface area (Å²) in [6.45, 7) is 6.58. The minimum absolute atomic E-state index is 0.0214. The SMILES string of the molecule is C=CCC1=[N+](C(C)O)CCN1CC(=O)O. The van der Waals surface area contributed by atoms with Gasteiger partial charge in [0.05, 0.1) is 6.42 Å². The zero-order valence-electron chi connectivity index (χ0n) is 8.89. The summed E-state index contributed by atoms with van der Waals surface area (Å²) in [4.78, 5) is 12.4. The Kier molecular flexibility index (Phi) is 3.85. The molecule has 1 heterocycles. The predicted molar refractivity (Wildman–Crippen MR) is 55.8 cm³/mol. The summed E-state index contributed by atoms with van der Waals surface area (Å²) in [5, 5.41) is 18.2. The molecule has 0 amide bonds. The topological polar surface area (TPSA) is 63.8 Å². The van der Waals surface area contributed by atoms with Crippen LogP contribution in [-0.4, -0.2) is 57.4 Å². The number of hydrogen-bond acceptors (Lipinski definition) is 3. The first kappa shape index (κ1) is 11.7. The lowest BCUT2D eigenvalue weighted by Crippen LogP contribution is -2.35. The van der Waals surface area contributed by atoms with Crippen LogP contribution in [0.1, 0.15) is 13.3 Å². The van der Waals surface area contributed by atoms with E-state index < -0.39 is 12.2 Å². The van der Waals surface area contributed by atoms with E-state index in [4.69, 9.17) is 5.11 Å². The molecular weight excluding hydrogens is 196 g/mol. The van der Waals surface area contributed by atoms with Gasteiger partial charge >= 0.3 is 5.97 Å². The number of amidine groups is 1. The zero-order valence-corrected chi connectivity index (χ0v) is 8.89. The molecule has 0 aromatic heterocycles. The minimum atomic E-state index is -0.857. The first-order valence-corrected chi connectivity index (χ1v) is 4.94. The molecule has 0 radical (unpaired) electrons. The second-order valence-electron chi connectivity index (χ2n) is 3.55. The summed E-state index contributed by atoms with van der Waals surface area (Å²) in [6.07, 6.45) is 1.71. The van der Waals surface area contributed by atoms with Crippen molar-refractivity contribution in [3.63, 3.8) is 0 Å². The first-order chi connectivity index (χ1) is 7.06. The summed E-state index contributed by atoms with van der Waals surface area (Å²) >= 11 is 0. The third-order valence-corrected chi connectivity index (χ3v) is 2.41. The molecule has 0 saturated heterocycles. The highest BCUT2D eigenvalue weighted by Crippen LogP contribution is 2.07. The van der Waals surface area contributed by atoms with E-state index >= 15 is 0 Å². The van der Waals surface area contributed by atoms with Gasteiger partial charge in [-0.1, -0.05) is 6.08 Å². The third-order valence-electron chi connectivity index (χ3n) is 2.41. The van der Waals surface area contributed by atoms with E-state index in [1.54, 1.807) is 22.5 Å². The van der Waals surface area contributed by atoms with Crippen molar-refractivity contribution in [2.24, 2.45) is 0 Å². The molecule has 84 valence electrons. The minimum Gasteiger partial charge on any atom is -0.478 e. The van der Waals surface area contributed by atoms with Crippen LogP contribution in [-0.2, 0) is 4.79 Å². The summed E-state index contributed by atoms with van der Waals surface area (Å²) in [7, 11) is 0. The van der Waals surface area contributed by atoms with Gasteiger partial charge in [0.15, 0.2) is 12.8 Å². The maximum Gasteiger partial charge on any atom is 0.345 e. The van der Waals surface area contributed by atoms with Crippen LogP contribution in [0.2, 0.25) is 0 Å². The Hall–Kier alpha value is -1.36. The fourth-order valence-corrected chi connectivity index (χ4v) is 1.78. The molecule has 5 heteroatoms. The Morgan fingerprint density at radius 3 is 2.93 bits per heavy atom. The second kappa shape index (κ2) is 4.93. The number of rotatable bonds is 5. The zero-order chi connectivity index (χ0) is 11.4. The smallest absolute Gasteiger partial charge is 0.345 e. The van der Waals surface area contributed by atoms with Crippen LogP contribution in [0, 0.1) is 0 Å². The van der Waals surface area contributed by atoms with Crippen molar-refractivity contribution in [2.75, 3.05) is 19.6 Å². The maximum atomic E-state index is 10.6. The fraction of sp³-hybridized carbons (Fsp3) is 0.600. The van der Waals surface area contributed by atoms with Crippen LogP contribution in [0.4, 0.5) is 0 Å². The van der Waals surface area contributed by atoms with E-state index in [2.05, 4.69) is 6.58 Å². The lowest BCUT2D eigenvalue weighted by Gasteiger charge is -2.10. The van der Waals surface area contributed by atoms with Crippen molar-refractivity contribution in [2.45, 2.75) is 19.6 Å². The lowest BCUT2D eigenvalue weighted by molar-refractivity contribution is -0.597. The van der Waals surface area contributed by atoms with Gasteiger partial charge in [-0.2, -0.15) is 0 Å². The molecule has 1 aliphatic heterocycles. The largest absolute Gasteiger partial charge is 0.478 e. The van der Waals surface area contributed by atoms with Crippen LogP contribution in [0.3, 0.4) is 0 Å². The van der Waals surface area contributed by atoms with Gasteiger partial charge < -0.3 is 10.2 Å². The van der Waals surface area contributed by atoms with E-state index in [9.17, 15) is 9.90 Å². The number of carboxylic acids is 1. The Balaban J connectivity index is 2.83. The number of aliphatic carboxylic acids is 1. The Morgan fingerprint density at radius 2 is 2.47 bits per heavy atom. The monoisotopic (exact) mass is 213 g/mol. The normalized spacial score (nSPS) is 18.1. The van der Waals surface area contributed by atoms with Crippen molar-refractivity contribution in [1.82, 2.24) is 4.90 Å². The highest BCUT2D eigenvalue weighted by atomic mass is 16.4. The van der Waals surface area contributed by atoms with Crippen LogP contribution in [0.15, 0.2) is 12.7 Å². The molecule has 0 fully saturated rings. The molecule has 15 heavy (non-hydrogen) atoms. The van der Waals surface area contributed by atoms with Gasteiger partial charge in [-0.05, 0) is 0 Å². The Morgan fingerprint density at radius 1 is 1.80 bits per heavy atom. The number of carboxylic acid groups (broad SMARTS) is 1. The Bertz CT molecular complexity index is 297. The molecule has 0 aromatic rings. The molecular formula is C10H17N2O3+. The molecule has 0 spiro atoms. The predicted octanol–water partition coefficient (Wildman–Crippen LogP) is -0.288. The van der Waals surface area contributed by atoms with Crippen molar-refractivity contribution >= 4 is 11.8 Å². The third kappa shape index (κ3) is 2.79. The van der Waals surface area contributed by atoms with Gasteiger partial charge in [0.25, 0.3) is 5.84 Å².